The van der Waals surface area contributed by atoms with Crippen LogP contribution in [0.1, 0.15) is 40.2 Å². The Morgan fingerprint density at radius 3 is 2.38 bits per heavy atom. The normalized spacial score (nSPS) is 27.2. The molecule has 5 heteroatoms. The molecule has 170 valence electrons. The van der Waals surface area contributed by atoms with Crippen LogP contribution in [0.25, 0.3) is 0 Å². The van der Waals surface area contributed by atoms with Crippen LogP contribution in [0.5, 0.6) is 0 Å². The van der Waals surface area contributed by atoms with Crippen molar-refractivity contribution in [2.24, 2.45) is 23.7 Å². The van der Waals surface area contributed by atoms with E-state index in [9.17, 15) is 14.4 Å². The Hall–Kier alpha value is -3.73. The number of aryl methyl sites for hydroxylation is 1. The molecule has 3 fully saturated rings. The van der Waals surface area contributed by atoms with Crippen LogP contribution in [0.4, 0.5) is 11.4 Å². The van der Waals surface area contributed by atoms with Crippen LogP contribution in [0.15, 0.2) is 78.9 Å². The Labute approximate surface area is 198 Å². The van der Waals surface area contributed by atoms with Crippen LogP contribution in [0.2, 0.25) is 0 Å². The third-order valence-electron chi connectivity index (χ3n) is 8.00. The van der Waals surface area contributed by atoms with E-state index in [2.05, 4.69) is 17.4 Å². The lowest BCUT2D eigenvalue weighted by molar-refractivity contribution is -0.123. The minimum Gasteiger partial charge on any atom is -0.322 e. The molecule has 0 aromatic heterocycles. The molecule has 1 heterocycles. The summed E-state index contributed by atoms with van der Waals surface area (Å²) >= 11 is 0. The number of carbonyl (C=O) groups excluding carboxylic acids is 3. The van der Waals surface area contributed by atoms with Gasteiger partial charge in [-0.3, -0.25) is 19.3 Å². The monoisotopic (exact) mass is 450 g/mol. The van der Waals surface area contributed by atoms with Crippen molar-refractivity contribution in [1.29, 1.82) is 0 Å². The predicted octanol–water partition coefficient (Wildman–Crippen LogP) is 5.18. The Morgan fingerprint density at radius 1 is 0.853 bits per heavy atom. The average Bonchev–Trinajstić information content (AvgIpc) is 3.52. The van der Waals surface area contributed by atoms with E-state index < -0.39 is 0 Å². The van der Waals surface area contributed by atoms with Crippen molar-refractivity contribution >= 4 is 29.1 Å². The Kier molecular flexibility index (Phi) is 4.87. The first-order valence-electron chi connectivity index (χ1n) is 11.9. The Balaban J connectivity index is 1.26. The molecule has 0 radical (unpaired) electrons. The molecule has 3 aliphatic rings. The molecular formula is C29H26N2O3. The summed E-state index contributed by atoms with van der Waals surface area (Å²) in [5.41, 5.74) is 3.88. The van der Waals surface area contributed by atoms with E-state index in [1.54, 1.807) is 24.3 Å². The lowest BCUT2D eigenvalue weighted by atomic mass is 9.73. The van der Waals surface area contributed by atoms with Gasteiger partial charge in [-0.25, -0.2) is 0 Å². The fourth-order valence-corrected chi connectivity index (χ4v) is 6.49. The molecule has 2 bridgehead atoms. The predicted molar refractivity (Wildman–Crippen MR) is 130 cm³/mol. The van der Waals surface area contributed by atoms with E-state index in [0.29, 0.717) is 17.2 Å². The fraction of sp³-hybridized carbons (Fsp3) is 0.276. The van der Waals surface area contributed by atoms with Crippen LogP contribution >= 0.6 is 0 Å². The van der Waals surface area contributed by atoms with E-state index in [-0.39, 0.29) is 41.4 Å². The van der Waals surface area contributed by atoms with Gasteiger partial charge >= 0.3 is 0 Å². The Morgan fingerprint density at radius 2 is 1.59 bits per heavy atom. The summed E-state index contributed by atoms with van der Waals surface area (Å²) in [6.07, 6.45) is 1.90. The second-order valence-electron chi connectivity index (χ2n) is 9.80. The summed E-state index contributed by atoms with van der Waals surface area (Å²) in [6, 6.07) is 24.8. The van der Waals surface area contributed by atoms with Gasteiger partial charge in [0.2, 0.25) is 11.8 Å². The lowest BCUT2D eigenvalue weighted by Gasteiger charge is -2.28. The number of para-hydroxylation sites is 1. The van der Waals surface area contributed by atoms with Gasteiger partial charge < -0.3 is 5.32 Å². The quantitative estimate of drug-likeness (QED) is 0.557. The van der Waals surface area contributed by atoms with E-state index in [0.717, 1.165) is 24.1 Å². The summed E-state index contributed by atoms with van der Waals surface area (Å²) < 4.78 is 0. The molecule has 5 atom stereocenters. The van der Waals surface area contributed by atoms with Crippen molar-refractivity contribution < 1.29 is 14.4 Å². The second-order valence-corrected chi connectivity index (χ2v) is 9.80. The maximum Gasteiger partial charge on any atom is 0.255 e. The average molecular weight is 451 g/mol. The standard InChI is InChI=1S/C29H26N2O3/c1-17-8-5-6-13-24(17)30-27(32)19-11-7-12-21(14-19)31-28(33)25-20-15-22(18-9-3-2-4-10-18)23(16-20)26(25)29(31)34/h2-14,20,22-23,25-26H,15-16H2,1H3,(H,30,32)/t20-,22+,23+,25+,26-/m0/s1. The molecule has 3 aromatic rings. The molecular weight excluding hydrogens is 424 g/mol. The molecule has 6 rings (SSSR count). The molecule has 0 spiro atoms. The minimum absolute atomic E-state index is 0.106. The zero-order valence-electron chi connectivity index (χ0n) is 19.0. The van der Waals surface area contributed by atoms with Gasteiger partial charge in [0.05, 0.1) is 17.5 Å². The molecule has 2 saturated carbocycles. The summed E-state index contributed by atoms with van der Waals surface area (Å²) in [7, 11) is 0. The molecule has 5 nitrogen and oxygen atoms in total. The highest BCUT2D eigenvalue weighted by Gasteiger charge is 2.64. The highest BCUT2D eigenvalue weighted by Crippen LogP contribution is 2.61. The zero-order valence-corrected chi connectivity index (χ0v) is 19.0. The highest BCUT2D eigenvalue weighted by molar-refractivity contribution is 6.23. The number of nitrogens with zero attached hydrogens (tertiary/aromatic N) is 1. The van der Waals surface area contributed by atoms with Crippen molar-refractivity contribution in [3.8, 4) is 0 Å². The maximum absolute atomic E-state index is 13.6. The summed E-state index contributed by atoms with van der Waals surface area (Å²) in [6.45, 7) is 1.93. The third kappa shape index (κ3) is 3.18. The summed E-state index contributed by atoms with van der Waals surface area (Å²) in [5.74, 6) is -0.205. The topological polar surface area (TPSA) is 66.5 Å². The number of anilines is 2. The first-order chi connectivity index (χ1) is 16.5. The third-order valence-corrected chi connectivity index (χ3v) is 8.00. The van der Waals surface area contributed by atoms with Gasteiger partial charge in [-0.05, 0) is 72.9 Å². The van der Waals surface area contributed by atoms with Gasteiger partial charge in [0, 0.05) is 11.3 Å². The van der Waals surface area contributed by atoms with E-state index in [1.807, 2.05) is 49.4 Å². The van der Waals surface area contributed by atoms with E-state index in [1.165, 1.54) is 10.5 Å². The molecule has 34 heavy (non-hydrogen) atoms. The summed E-state index contributed by atoms with van der Waals surface area (Å²) in [5, 5.41) is 2.93. The van der Waals surface area contributed by atoms with Crippen molar-refractivity contribution in [2.45, 2.75) is 25.7 Å². The maximum atomic E-state index is 13.6. The number of rotatable bonds is 4. The van der Waals surface area contributed by atoms with Crippen molar-refractivity contribution in [2.75, 3.05) is 10.2 Å². The molecule has 3 aromatic carbocycles. The number of imide groups is 1. The number of carbonyl (C=O) groups is 3. The highest BCUT2D eigenvalue weighted by atomic mass is 16.2. The fourth-order valence-electron chi connectivity index (χ4n) is 6.49. The molecule has 1 saturated heterocycles. The van der Waals surface area contributed by atoms with Crippen LogP contribution in [-0.2, 0) is 9.59 Å². The molecule has 3 amide bonds. The SMILES string of the molecule is Cc1ccccc1NC(=O)c1cccc(N2C(=O)[C@@H]3[C@@H]4C[C@@H]([C@@H]3C2=O)[C@@H](c2ccccc2)C4)c1. The minimum atomic E-state index is -0.264. The lowest BCUT2D eigenvalue weighted by Crippen LogP contribution is -2.33. The van der Waals surface area contributed by atoms with Gasteiger partial charge in [0.1, 0.15) is 0 Å². The van der Waals surface area contributed by atoms with E-state index in [4.69, 9.17) is 0 Å². The van der Waals surface area contributed by atoms with Crippen LogP contribution < -0.4 is 10.2 Å². The van der Waals surface area contributed by atoms with Crippen LogP contribution in [-0.4, -0.2) is 17.7 Å². The number of nitrogens with one attached hydrogen (secondary N) is 1. The smallest absolute Gasteiger partial charge is 0.255 e. The number of hydrogen-bond acceptors (Lipinski definition) is 3. The summed E-state index contributed by atoms with van der Waals surface area (Å²) in [4.78, 5) is 41.3. The van der Waals surface area contributed by atoms with Gasteiger partial charge in [-0.15, -0.1) is 0 Å². The number of benzene rings is 3. The number of fused-ring (bicyclic) bond motifs is 5. The molecule has 1 N–H and O–H groups in total. The largest absolute Gasteiger partial charge is 0.322 e. The van der Waals surface area contributed by atoms with Gasteiger partial charge in [-0.1, -0.05) is 54.6 Å². The zero-order chi connectivity index (χ0) is 23.4. The van der Waals surface area contributed by atoms with Gasteiger partial charge in [0.15, 0.2) is 0 Å². The molecule has 0 unspecified atom stereocenters. The van der Waals surface area contributed by atoms with Crippen LogP contribution in [0.3, 0.4) is 0 Å². The molecule has 2 aliphatic carbocycles. The first-order valence-corrected chi connectivity index (χ1v) is 11.9. The van der Waals surface area contributed by atoms with E-state index >= 15 is 0 Å². The van der Waals surface area contributed by atoms with Crippen molar-refractivity contribution in [1.82, 2.24) is 0 Å². The number of amides is 3. The van der Waals surface area contributed by atoms with Crippen LogP contribution in [0, 0.1) is 30.6 Å². The van der Waals surface area contributed by atoms with Gasteiger partial charge in [0.25, 0.3) is 5.91 Å². The Bertz CT molecular complexity index is 1300. The first kappa shape index (κ1) is 20.8. The van der Waals surface area contributed by atoms with Crippen molar-refractivity contribution in [3.63, 3.8) is 0 Å². The van der Waals surface area contributed by atoms with Gasteiger partial charge in [-0.2, -0.15) is 0 Å². The second kappa shape index (κ2) is 7.94. The number of hydrogen-bond donors (Lipinski definition) is 1. The molecule has 1 aliphatic heterocycles. The van der Waals surface area contributed by atoms with Crippen molar-refractivity contribution in [3.05, 3.63) is 95.6 Å².